The number of hydrogen-bond donors (Lipinski definition) is 1. The van der Waals surface area contributed by atoms with Crippen molar-refractivity contribution in [1.29, 1.82) is 0 Å². The molecule has 2 bridgehead atoms. The van der Waals surface area contributed by atoms with Crippen molar-refractivity contribution in [2.75, 3.05) is 13.6 Å². The van der Waals surface area contributed by atoms with Gasteiger partial charge >= 0.3 is 0 Å². The summed E-state index contributed by atoms with van der Waals surface area (Å²) in [4.78, 5) is 0. The van der Waals surface area contributed by atoms with Gasteiger partial charge in [0.1, 0.15) is 0 Å². The summed E-state index contributed by atoms with van der Waals surface area (Å²) in [6.07, 6.45) is 3.79. The molecule has 0 amide bonds. The topological polar surface area (TPSA) is 12.0 Å². The van der Waals surface area contributed by atoms with Crippen LogP contribution in [0.2, 0.25) is 0 Å². The lowest BCUT2D eigenvalue weighted by atomic mass is 9.72. The van der Waals surface area contributed by atoms with Gasteiger partial charge in [0.15, 0.2) is 0 Å². The summed E-state index contributed by atoms with van der Waals surface area (Å²) in [5.41, 5.74) is 6.64. The number of hydrogen-bond acceptors (Lipinski definition) is 1. The molecule has 0 fully saturated rings. The van der Waals surface area contributed by atoms with Crippen molar-refractivity contribution in [1.82, 2.24) is 5.32 Å². The summed E-state index contributed by atoms with van der Waals surface area (Å²) in [7, 11) is 2.05. The van der Waals surface area contributed by atoms with E-state index in [2.05, 4.69) is 53.8 Å². The first-order valence-corrected chi connectivity index (χ1v) is 7.70. The zero-order chi connectivity index (χ0) is 13.6. The van der Waals surface area contributed by atoms with Gasteiger partial charge in [0.05, 0.1) is 0 Å². The van der Waals surface area contributed by atoms with Gasteiger partial charge in [-0.05, 0) is 55.1 Å². The first kappa shape index (κ1) is 12.2. The van der Waals surface area contributed by atoms with E-state index in [1.54, 1.807) is 22.3 Å². The van der Waals surface area contributed by atoms with Crippen molar-refractivity contribution in [3.8, 4) is 0 Å². The highest BCUT2D eigenvalue weighted by atomic mass is 14.8. The number of nitrogens with one attached hydrogen (secondary N) is 1. The molecule has 2 aliphatic carbocycles. The van der Waals surface area contributed by atoms with E-state index in [0.29, 0.717) is 5.92 Å². The summed E-state index contributed by atoms with van der Waals surface area (Å²) in [6, 6.07) is 18.2. The average molecular weight is 263 g/mol. The fourth-order valence-electron chi connectivity index (χ4n) is 4.51. The van der Waals surface area contributed by atoms with Gasteiger partial charge in [-0.25, -0.2) is 0 Å². The Bertz CT molecular complexity index is 596. The van der Waals surface area contributed by atoms with Crippen LogP contribution in [0.15, 0.2) is 48.5 Å². The molecule has 2 aliphatic rings. The molecule has 102 valence electrons. The Morgan fingerprint density at radius 1 is 1.00 bits per heavy atom. The van der Waals surface area contributed by atoms with Crippen LogP contribution in [-0.2, 0) is 5.41 Å². The molecule has 2 aromatic rings. The first-order chi connectivity index (χ1) is 9.87. The summed E-state index contributed by atoms with van der Waals surface area (Å²) < 4.78 is 0. The van der Waals surface area contributed by atoms with E-state index in [-0.39, 0.29) is 5.41 Å². The maximum atomic E-state index is 3.29. The number of rotatable bonds is 4. The van der Waals surface area contributed by atoms with E-state index >= 15 is 0 Å². The maximum absolute atomic E-state index is 3.29. The smallest absolute Gasteiger partial charge is 0.0218 e. The van der Waals surface area contributed by atoms with Crippen LogP contribution in [-0.4, -0.2) is 13.6 Å². The lowest BCUT2D eigenvalue weighted by Gasteiger charge is -2.31. The second-order valence-electron chi connectivity index (χ2n) is 6.22. The predicted octanol–water partition coefficient (Wildman–Crippen LogP) is 3.82. The highest BCUT2D eigenvalue weighted by Crippen LogP contribution is 2.61. The van der Waals surface area contributed by atoms with Gasteiger partial charge in [-0.2, -0.15) is 0 Å². The molecule has 0 aromatic heterocycles. The largest absolute Gasteiger partial charge is 0.320 e. The summed E-state index contributed by atoms with van der Waals surface area (Å²) in [5, 5.41) is 3.29. The van der Waals surface area contributed by atoms with E-state index < -0.39 is 0 Å². The third-order valence-electron chi connectivity index (χ3n) is 5.29. The lowest BCUT2D eigenvalue weighted by molar-refractivity contribution is 0.463. The molecular formula is C19H21N. The molecule has 4 rings (SSSR count). The van der Waals surface area contributed by atoms with Gasteiger partial charge in [-0.1, -0.05) is 48.5 Å². The maximum Gasteiger partial charge on any atom is 0.0218 e. The molecule has 1 N–H and O–H groups in total. The van der Waals surface area contributed by atoms with E-state index in [1.807, 2.05) is 7.05 Å². The molecule has 0 heterocycles. The molecule has 2 aromatic carbocycles. The minimum Gasteiger partial charge on any atom is -0.320 e. The van der Waals surface area contributed by atoms with E-state index in [0.717, 1.165) is 6.54 Å². The minimum absolute atomic E-state index is 0.286. The standard InChI is InChI=1S/C19H21N/c1-20-12-6-11-19-13-16(14-7-2-4-9-17(14)19)15-8-3-5-10-18(15)19/h2-5,7-10,16,20H,6,11-13H2,1H3. The third kappa shape index (κ3) is 1.47. The SMILES string of the molecule is CNCCCC12CC(c3ccccc31)c1ccccc12. The van der Waals surface area contributed by atoms with Crippen LogP contribution >= 0.6 is 0 Å². The Hall–Kier alpha value is -1.60. The molecular weight excluding hydrogens is 242 g/mol. The van der Waals surface area contributed by atoms with Gasteiger partial charge in [0, 0.05) is 11.3 Å². The predicted molar refractivity (Wildman–Crippen MR) is 83.3 cm³/mol. The zero-order valence-corrected chi connectivity index (χ0v) is 12.0. The highest BCUT2D eigenvalue weighted by Gasteiger charge is 2.51. The van der Waals surface area contributed by atoms with Crippen LogP contribution in [0.1, 0.15) is 47.4 Å². The fourth-order valence-corrected chi connectivity index (χ4v) is 4.51. The van der Waals surface area contributed by atoms with Gasteiger partial charge in [0.2, 0.25) is 0 Å². The normalized spacial score (nSPS) is 25.6. The molecule has 0 spiro atoms. The number of benzene rings is 2. The van der Waals surface area contributed by atoms with Crippen molar-refractivity contribution >= 4 is 0 Å². The molecule has 0 saturated heterocycles. The highest BCUT2D eigenvalue weighted by molar-refractivity contribution is 5.62. The van der Waals surface area contributed by atoms with Crippen molar-refractivity contribution < 1.29 is 0 Å². The molecule has 0 aliphatic heterocycles. The Balaban J connectivity index is 1.84. The van der Waals surface area contributed by atoms with Crippen LogP contribution in [0, 0.1) is 0 Å². The second-order valence-corrected chi connectivity index (χ2v) is 6.22. The fraction of sp³-hybridized carbons (Fsp3) is 0.368. The van der Waals surface area contributed by atoms with Gasteiger partial charge in [-0.15, -0.1) is 0 Å². The van der Waals surface area contributed by atoms with Crippen LogP contribution in [0.25, 0.3) is 0 Å². The monoisotopic (exact) mass is 263 g/mol. The number of fused-ring (bicyclic) bond motifs is 8. The summed E-state index contributed by atoms with van der Waals surface area (Å²) in [5.74, 6) is 0.636. The van der Waals surface area contributed by atoms with Crippen molar-refractivity contribution in [2.45, 2.75) is 30.6 Å². The van der Waals surface area contributed by atoms with Crippen molar-refractivity contribution in [2.24, 2.45) is 0 Å². The summed E-state index contributed by atoms with van der Waals surface area (Å²) >= 11 is 0. The van der Waals surface area contributed by atoms with Gasteiger partial charge in [-0.3, -0.25) is 0 Å². The molecule has 0 unspecified atom stereocenters. The molecule has 1 heteroatoms. The van der Waals surface area contributed by atoms with Crippen LogP contribution in [0.5, 0.6) is 0 Å². The van der Waals surface area contributed by atoms with E-state index in [1.165, 1.54) is 19.3 Å². The Morgan fingerprint density at radius 2 is 1.60 bits per heavy atom. The van der Waals surface area contributed by atoms with Crippen LogP contribution < -0.4 is 5.32 Å². The van der Waals surface area contributed by atoms with Gasteiger partial charge < -0.3 is 5.32 Å². The van der Waals surface area contributed by atoms with Crippen molar-refractivity contribution in [3.05, 3.63) is 70.8 Å². The molecule has 0 radical (unpaired) electrons. The van der Waals surface area contributed by atoms with Crippen LogP contribution in [0.3, 0.4) is 0 Å². The Kier molecular flexibility index (Phi) is 2.71. The minimum atomic E-state index is 0.286. The first-order valence-electron chi connectivity index (χ1n) is 7.70. The van der Waals surface area contributed by atoms with Crippen LogP contribution in [0.4, 0.5) is 0 Å². The summed E-state index contributed by atoms with van der Waals surface area (Å²) in [6.45, 7) is 1.11. The molecule has 0 saturated carbocycles. The second kappa shape index (κ2) is 4.46. The Labute approximate surface area is 121 Å². The van der Waals surface area contributed by atoms with E-state index in [4.69, 9.17) is 0 Å². The molecule has 0 atom stereocenters. The zero-order valence-electron chi connectivity index (χ0n) is 12.0. The third-order valence-corrected chi connectivity index (χ3v) is 5.29. The van der Waals surface area contributed by atoms with Gasteiger partial charge in [0.25, 0.3) is 0 Å². The molecule has 20 heavy (non-hydrogen) atoms. The average Bonchev–Trinajstić information content (AvgIpc) is 3.01. The lowest BCUT2D eigenvalue weighted by Crippen LogP contribution is -2.25. The quantitative estimate of drug-likeness (QED) is 0.827. The molecule has 1 nitrogen and oxygen atoms in total. The Morgan fingerprint density at radius 3 is 2.20 bits per heavy atom. The van der Waals surface area contributed by atoms with Crippen molar-refractivity contribution in [3.63, 3.8) is 0 Å². The van der Waals surface area contributed by atoms with E-state index in [9.17, 15) is 0 Å².